The lowest BCUT2D eigenvalue weighted by Gasteiger charge is -2.10. The number of nitrogens with one attached hydrogen (secondary N) is 2. The quantitative estimate of drug-likeness (QED) is 0.486. The lowest BCUT2D eigenvalue weighted by molar-refractivity contribution is -0.113. The first-order chi connectivity index (χ1) is 13.6. The Labute approximate surface area is 164 Å². The Morgan fingerprint density at radius 2 is 2.14 bits per heavy atom. The van der Waals surface area contributed by atoms with Crippen LogP contribution in [-0.2, 0) is 11.2 Å². The zero-order chi connectivity index (χ0) is 19.5. The molecule has 0 saturated carbocycles. The van der Waals surface area contributed by atoms with Crippen molar-refractivity contribution in [1.82, 2.24) is 19.7 Å². The van der Waals surface area contributed by atoms with Gasteiger partial charge in [-0.25, -0.2) is 4.79 Å². The minimum atomic E-state index is -0.527. The van der Waals surface area contributed by atoms with Gasteiger partial charge in [-0.2, -0.15) is 0 Å². The number of nitrogens with zero attached hydrogens (tertiary/aromatic N) is 3. The Balaban J connectivity index is 1.45. The highest BCUT2D eigenvalue weighted by Crippen LogP contribution is 2.23. The van der Waals surface area contributed by atoms with Crippen molar-refractivity contribution >= 4 is 34.5 Å². The van der Waals surface area contributed by atoms with E-state index in [1.165, 1.54) is 17.3 Å². The van der Waals surface area contributed by atoms with Crippen LogP contribution in [0.2, 0.25) is 0 Å². The van der Waals surface area contributed by atoms with Crippen molar-refractivity contribution in [2.24, 2.45) is 0 Å². The lowest BCUT2D eigenvalue weighted by atomic mass is 10.1. The topological polar surface area (TPSA) is 106 Å². The molecule has 2 aromatic heterocycles. The Bertz CT molecular complexity index is 1190. The number of carbonyl (C=O) groups is 1. The molecule has 9 heteroatoms. The van der Waals surface area contributed by atoms with Gasteiger partial charge in [-0.1, -0.05) is 36.9 Å². The van der Waals surface area contributed by atoms with Crippen molar-refractivity contribution < 1.29 is 9.21 Å². The standard InChI is InChI=1S/C19H17N5O3S/c1-2-12-5-3-4-6-15(12)24-11-20-23-18(24)28-10-17(25)21-13-7-8-16-14(9-13)22-19(26)27-16/h3-9,11H,2,10H2,1H3,(H,21,25)(H,22,26). The maximum Gasteiger partial charge on any atom is 0.417 e. The first-order valence-corrected chi connectivity index (χ1v) is 9.66. The normalized spacial score (nSPS) is 11.0. The Hall–Kier alpha value is -3.33. The van der Waals surface area contributed by atoms with Crippen LogP contribution in [-0.4, -0.2) is 31.4 Å². The van der Waals surface area contributed by atoms with E-state index in [9.17, 15) is 9.59 Å². The van der Waals surface area contributed by atoms with E-state index < -0.39 is 5.76 Å². The first kappa shape index (κ1) is 18.1. The van der Waals surface area contributed by atoms with Crippen molar-refractivity contribution in [2.75, 3.05) is 11.1 Å². The second-order valence-corrected chi connectivity index (χ2v) is 6.97. The highest BCUT2D eigenvalue weighted by Gasteiger charge is 2.13. The number of H-pyrrole nitrogens is 1. The summed E-state index contributed by atoms with van der Waals surface area (Å²) < 4.78 is 6.84. The molecule has 2 aromatic carbocycles. The molecule has 0 fully saturated rings. The highest BCUT2D eigenvalue weighted by atomic mass is 32.2. The summed E-state index contributed by atoms with van der Waals surface area (Å²) in [5.41, 5.74) is 3.74. The molecule has 0 unspecified atom stereocenters. The van der Waals surface area contributed by atoms with Crippen LogP contribution in [0.4, 0.5) is 5.69 Å². The molecule has 142 valence electrons. The number of carbonyl (C=O) groups excluding carboxylic acids is 1. The van der Waals surface area contributed by atoms with E-state index in [4.69, 9.17) is 4.42 Å². The second-order valence-electron chi connectivity index (χ2n) is 6.03. The summed E-state index contributed by atoms with van der Waals surface area (Å²) in [7, 11) is 0. The van der Waals surface area contributed by atoms with Crippen LogP contribution in [0.1, 0.15) is 12.5 Å². The summed E-state index contributed by atoms with van der Waals surface area (Å²) in [6, 6.07) is 13.0. The summed E-state index contributed by atoms with van der Waals surface area (Å²) in [5.74, 6) is -0.540. The van der Waals surface area contributed by atoms with Crippen molar-refractivity contribution in [2.45, 2.75) is 18.5 Å². The molecule has 1 amide bonds. The van der Waals surface area contributed by atoms with Gasteiger partial charge in [0.25, 0.3) is 0 Å². The predicted octanol–water partition coefficient (Wildman–Crippen LogP) is 3.00. The number of benzene rings is 2. The average Bonchev–Trinajstić information content (AvgIpc) is 3.31. The molecule has 28 heavy (non-hydrogen) atoms. The van der Waals surface area contributed by atoms with E-state index in [-0.39, 0.29) is 11.7 Å². The molecule has 0 spiro atoms. The Morgan fingerprint density at radius 1 is 1.29 bits per heavy atom. The summed E-state index contributed by atoms with van der Waals surface area (Å²) in [6.07, 6.45) is 2.54. The van der Waals surface area contributed by atoms with E-state index in [2.05, 4.69) is 33.5 Å². The summed E-state index contributed by atoms with van der Waals surface area (Å²) in [5, 5.41) is 11.6. The molecule has 0 bridgehead atoms. The molecular formula is C19H17N5O3S. The van der Waals surface area contributed by atoms with Crippen LogP contribution in [0.15, 0.2) is 63.2 Å². The summed E-state index contributed by atoms with van der Waals surface area (Å²) >= 11 is 1.30. The Kier molecular flexibility index (Phi) is 4.98. The second kappa shape index (κ2) is 7.73. The van der Waals surface area contributed by atoms with Crippen LogP contribution in [0.5, 0.6) is 0 Å². The number of anilines is 1. The molecule has 0 atom stereocenters. The van der Waals surface area contributed by atoms with Crippen molar-refractivity contribution in [3.63, 3.8) is 0 Å². The zero-order valence-corrected chi connectivity index (χ0v) is 15.8. The smallest absolute Gasteiger partial charge is 0.408 e. The third-order valence-corrected chi connectivity index (χ3v) is 5.13. The number of thioether (sulfide) groups is 1. The molecule has 0 aliphatic rings. The number of para-hydroxylation sites is 1. The maximum absolute atomic E-state index is 12.3. The van der Waals surface area contributed by atoms with Crippen LogP contribution < -0.4 is 11.1 Å². The molecule has 2 N–H and O–H groups in total. The molecule has 0 aliphatic carbocycles. The van der Waals surface area contributed by atoms with Crippen LogP contribution in [0.25, 0.3) is 16.8 Å². The van der Waals surface area contributed by atoms with Gasteiger partial charge in [0, 0.05) is 5.69 Å². The molecule has 2 heterocycles. The molecule has 0 saturated heterocycles. The summed E-state index contributed by atoms with van der Waals surface area (Å²) in [4.78, 5) is 26.1. The number of aromatic amines is 1. The predicted molar refractivity (Wildman–Crippen MR) is 107 cm³/mol. The number of amides is 1. The van der Waals surface area contributed by atoms with Crippen LogP contribution in [0.3, 0.4) is 0 Å². The van der Waals surface area contributed by atoms with E-state index in [0.717, 1.165) is 12.1 Å². The largest absolute Gasteiger partial charge is 0.417 e. The van der Waals surface area contributed by atoms with Gasteiger partial charge in [-0.3, -0.25) is 14.3 Å². The number of aromatic nitrogens is 4. The number of fused-ring (bicyclic) bond motifs is 1. The minimum absolute atomic E-state index is 0.174. The third-order valence-electron chi connectivity index (χ3n) is 4.18. The van der Waals surface area contributed by atoms with E-state index >= 15 is 0 Å². The van der Waals surface area contributed by atoms with Gasteiger partial charge < -0.3 is 9.73 Å². The molecular weight excluding hydrogens is 378 g/mol. The number of rotatable bonds is 6. The van der Waals surface area contributed by atoms with Gasteiger partial charge in [-0.05, 0) is 36.2 Å². The monoisotopic (exact) mass is 395 g/mol. The highest BCUT2D eigenvalue weighted by molar-refractivity contribution is 7.99. The zero-order valence-electron chi connectivity index (χ0n) is 15.0. The molecule has 8 nitrogen and oxygen atoms in total. The van der Waals surface area contributed by atoms with E-state index in [0.29, 0.717) is 21.9 Å². The van der Waals surface area contributed by atoms with Crippen LogP contribution >= 0.6 is 11.8 Å². The molecule has 0 radical (unpaired) electrons. The van der Waals surface area contributed by atoms with Gasteiger partial charge in [0.1, 0.15) is 6.33 Å². The number of hydrogen-bond donors (Lipinski definition) is 2. The van der Waals surface area contributed by atoms with Gasteiger partial charge >= 0.3 is 5.76 Å². The Morgan fingerprint density at radius 3 is 3.00 bits per heavy atom. The van der Waals surface area contributed by atoms with E-state index in [1.807, 2.05) is 22.8 Å². The number of aryl methyl sites for hydroxylation is 1. The molecule has 0 aliphatic heterocycles. The number of hydrogen-bond acceptors (Lipinski definition) is 6. The SMILES string of the molecule is CCc1ccccc1-n1cnnc1SCC(=O)Nc1ccc2oc(=O)[nH]c2c1. The average molecular weight is 395 g/mol. The van der Waals surface area contributed by atoms with Crippen molar-refractivity contribution in [3.8, 4) is 5.69 Å². The minimum Gasteiger partial charge on any atom is -0.408 e. The van der Waals surface area contributed by atoms with Crippen molar-refractivity contribution in [3.05, 3.63) is 64.9 Å². The fraction of sp³-hybridized carbons (Fsp3) is 0.158. The third kappa shape index (κ3) is 3.70. The first-order valence-electron chi connectivity index (χ1n) is 8.68. The summed E-state index contributed by atoms with van der Waals surface area (Å²) in [6.45, 7) is 2.09. The molecule has 4 rings (SSSR count). The fourth-order valence-electron chi connectivity index (χ4n) is 2.89. The maximum atomic E-state index is 12.3. The van der Waals surface area contributed by atoms with Crippen molar-refractivity contribution in [1.29, 1.82) is 0 Å². The lowest BCUT2D eigenvalue weighted by Crippen LogP contribution is -2.14. The fourth-order valence-corrected chi connectivity index (χ4v) is 3.61. The van der Waals surface area contributed by atoms with Gasteiger partial charge in [-0.15, -0.1) is 10.2 Å². The van der Waals surface area contributed by atoms with Crippen LogP contribution in [0, 0.1) is 0 Å². The van der Waals surface area contributed by atoms with E-state index in [1.54, 1.807) is 24.5 Å². The van der Waals surface area contributed by atoms with Gasteiger partial charge in [0.2, 0.25) is 5.91 Å². The van der Waals surface area contributed by atoms with Gasteiger partial charge in [0.05, 0.1) is 17.0 Å². The molecule has 4 aromatic rings. The number of oxazole rings is 1. The van der Waals surface area contributed by atoms with Gasteiger partial charge in [0.15, 0.2) is 10.7 Å².